The summed E-state index contributed by atoms with van der Waals surface area (Å²) in [7, 11) is -3.80. The molecule has 0 radical (unpaired) electrons. The van der Waals surface area contributed by atoms with Crippen molar-refractivity contribution < 1.29 is 13.2 Å². The van der Waals surface area contributed by atoms with E-state index in [1.165, 1.54) is 6.07 Å². The van der Waals surface area contributed by atoms with Gasteiger partial charge in [-0.1, -0.05) is 6.07 Å². The van der Waals surface area contributed by atoms with Crippen LogP contribution in [0.2, 0.25) is 0 Å². The Hall–Kier alpha value is -1.44. The average molecular weight is 297 g/mol. The molecule has 1 fully saturated rings. The third kappa shape index (κ3) is 3.36. The fraction of sp³-hybridized carbons (Fsp3) is 0.462. The van der Waals surface area contributed by atoms with E-state index in [9.17, 15) is 13.2 Å². The number of nitrogens with two attached hydrogens (primary N) is 2. The number of hydrogen-bond donors (Lipinski definition) is 3. The van der Waals surface area contributed by atoms with E-state index in [0.717, 1.165) is 19.3 Å². The Balaban J connectivity index is 2.12. The fourth-order valence-electron chi connectivity index (χ4n) is 2.32. The standard InChI is InChI=1S/C13H19N3O3S/c1-9-3-4-10(7-11(9)20(15,18)19)16-12(17)8-13(14)5-2-6-13/h3-4,7H,2,5-6,8,14H2,1H3,(H,16,17)(H2,15,18,19). The molecule has 1 amide bonds. The molecule has 110 valence electrons. The predicted octanol–water partition coefficient (Wildman–Crippen LogP) is 0.852. The number of nitrogens with one attached hydrogen (secondary N) is 1. The highest BCUT2D eigenvalue weighted by atomic mass is 32.2. The summed E-state index contributed by atoms with van der Waals surface area (Å²) in [6.45, 7) is 1.65. The molecule has 5 N–H and O–H groups in total. The van der Waals surface area contributed by atoms with Crippen LogP contribution in [-0.4, -0.2) is 19.9 Å². The molecule has 7 heteroatoms. The van der Waals surface area contributed by atoms with Crippen molar-refractivity contribution in [2.75, 3.05) is 5.32 Å². The van der Waals surface area contributed by atoms with E-state index in [2.05, 4.69) is 5.32 Å². The molecule has 1 aromatic rings. The van der Waals surface area contributed by atoms with E-state index in [1.54, 1.807) is 19.1 Å². The van der Waals surface area contributed by atoms with Crippen LogP contribution in [0.4, 0.5) is 5.69 Å². The maximum atomic E-state index is 11.9. The normalized spacial score (nSPS) is 17.4. The SMILES string of the molecule is Cc1ccc(NC(=O)CC2(N)CCC2)cc1S(N)(=O)=O. The number of amides is 1. The molecule has 6 nitrogen and oxygen atoms in total. The third-order valence-corrected chi connectivity index (χ3v) is 4.69. The average Bonchev–Trinajstić information content (AvgIpc) is 2.28. The monoisotopic (exact) mass is 297 g/mol. The Morgan fingerprint density at radius 1 is 1.40 bits per heavy atom. The molecule has 1 aliphatic rings. The molecule has 0 bridgehead atoms. The molecule has 1 aromatic carbocycles. The van der Waals surface area contributed by atoms with Crippen LogP contribution >= 0.6 is 0 Å². The Kier molecular flexibility index (Phi) is 3.86. The maximum Gasteiger partial charge on any atom is 0.238 e. The summed E-state index contributed by atoms with van der Waals surface area (Å²) in [5.41, 5.74) is 6.55. The first-order valence-corrected chi connectivity index (χ1v) is 7.96. The minimum atomic E-state index is -3.80. The molecular formula is C13H19N3O3S. The molecule has 0 atom stereocenters. The highest BCUT2D eigenvalue weighted by Gasteiger charge is 2.34. The van der Waals surface area contributed by atoms with Crippen LogP contribution in [0.3, 0.4) is 0 Å². The Labute approximate surface area is 118 Å². The summed E-state index contributed by atoms with van der Waals surface area (Å²) < 4.78 is 22.8. The lowest BCUT2D eigenvalue weighted by Gasteiger charge is -2.37. The van der Waals surface area contributed by atoms with Crippen molar-refractivity contribution in [1.29, 1.82) is 0 Å². The van der Waals surface area contributed by atoms with Gasteiger partial charge in [0.1, 0.15) is 0 Å². The number of carbonyl (C=O) groups excluding carboxylic acids is 1. The lowest BCUT2D eigenvalue weighted by atomic mass is 9.75. The maximum absolute atomic E-state index is 11.9. The van der Waals surface area contributed by atoms with Crippen LogP contribution in [0.15, 0.2) is 23.1 Å². The minimum Gasteiger partial charge on any atom is -0.326 e. The fourth-order valence-corrected chi connectivity index (χ4v) is 3.13. The molecule has 20 heavy (non-hydrogen) atoms. The van der Waals surface area contributed by atoms with Gasteiger partial charge >= 0.3 is 0 Å². The number of primary sulfonamides is 1. The van der Waals surface area contributed by atoms with Crippen molar-refractivity contribution >= 4 is 21.6 Å². The molecule has 1 aliphatic carbocycles. The van der Waals surface area contributed by atoms with Gasteiger partial charge in [0, 0.05) is 17.6 Å². The number of rotatable bonds is 4. The van der Waals surface area contributed by atoms with E-state index in [1.807, 2.05) is 0 Å². The summed E-state index contributed by atoms with van der Waals surface area (Å²) >= 11 is 0. The highest BCUT2D eigenvalue weighted by molar-refractivity contribution is 7.89. The van der Waals surface area contributed by atoms with Crippen LogP contribution in [0.1, 0.15) is 31.2 Å². The Bertz CT molecular complexity index is 636. The summed E-state index contributed by atoms with van der Waals surface area (Å²) in [6, 6.07) is 4.62. The topological polar surface area (TPSA) is 115 Å². The van der Waals surface area contributed by atoms with Gasteiger partial charge in [0.05, 0.1) is 4.90 Å². The van der Waals surface area contributed by atoms with E-state index >= 15 is 0 Å². The molecular weight excluding hydrogens is 278 g/mol. The molecule has 0 unspecified atom stereocenters. The van der Waals surface area contributed by atoms with E-state index in [4.69, 9.17) is 10.9 Å². The summed E-state index contributed by atoms with van der Waals surface area (Å²) in [6.07, 6.45) is 2.98. The quantitative estimate of drug-likeness (QED) is 0.764. The zero-order chi connectivity index (χ0) is 15.0. The van der Waals surface area contributed by atoms with Gasteiger partial charge in [0.15, 0.2) is 0 Å². The Morgan fingerprint density at radius 3 is 2.55 bits per heavy atom. The second kappa shape index (κ2) is 5.16. The van der Waals surface area contributed by atoms with Gasteiger partial charge < -0.3 is 11.1 Å². The molecule has 0 spiro atoms. The largest absolute Gasteiger partial charge is 0.326 e. The summed E-state index contributed by atoms with van der Waals surface area (Å²) in [4.78, 5) is 11.9. The number of benzene rings is 1. The third-order valence-electron chi connectivity index (χ3n) is 3.64. The Morgan fingerprint density at radius 2 is 2.05 bits per heavy atom. The van der Waals surface area contributed by atoms with Crippen LogP contribution in [0.5, 0.6) is 0 Å². The van der Waals surface area contributed by atoms with Crippen LogP contribution < -0.4 is 16.2 Å². The van der Waals surface area contributed by atoms with Gasteiger partial charge in [-0.25, -0.2) is 13.6 Å². The second-order valence-electron chi connectivity index (χ2n) is 5.47. The minimum absolute atomic E-state index is 0.0152. The van der Waals surface area contributed by atoms with Crippen LogP contribution in [0, 0.1) is 6.92 Å². The van der Waals surface area contributed by atoms with Crippen molar-refractivity contribution in [3.05, 3.63) is 23.8 Å². The van der Waals surface area contributed by atoms with Crippen LogP contribution in [-0.2, 0) is 14.8 Å². The molecule has 0 heterocycles. The molecule has 1 saturated carbocycles. The van der Waals surface area contributed by atoms with Gasteiger partial charge in [-0.15, -0.1) is 0 Å². The van der Waals surface area contributed by atoms with Crippen molar-refractivity contribution in [1.82, 2.24) is 0 Å². The molecule has 0 saturated heterocycles. The zero-order valence-electron chi connectivity index (χ0n) is 11.3. The van der Waals surface area contributed by atoms with Gasteiger partial charge in [-0.2, -0.15) is 0 Å². The van der Waals surface area contributed by atoms with Crippen molar-refractivity contribution in [3.63, 3.8) is 0 Å². The highest BCUT2D eigenvalue weighted by Crippen LogP contribution is 2.32. The first-order valence-electron chi connectivity index (χ1n) is 6.42. The van der Waals surface area contributed by atoms with Crippen molar-refractivity contribution in [3.8, 4) is 0 Å². The van der Waals surface area contributed by atoms with E-state index in [0.29, 0.717) is 11.3 Å². The lowest BCUT2D eigenvalue weighted by molar-refractivity contribution is -0.118. The van der Waals surface area contributed by atoms with E-state index < -0.39 is 15.6 Å². The van der Waals surface area contributed by atoms with Gasteiger partial charge in [0.2, 0.25) is 15.9 Å². The predicted molar refractivity (Wildman–Crippen MR) is 76.6 cm³/mol. The summed E-state index contributed by atoms with van der Waals surface area (Å²) in [5.74, 6) is -0.212. The number of anilines is 1. The molecule has 2 rings (SSSR count). The van der Waals surface area contributed by atoms with E-state index in [-0.39, 0.29) is 17.2 Å². The van der Waals surface area contributed by atoms with Gasteiger partial charge in [-0.3, -0.25) is 4.79 Å². The molecule has 0 aliphatic heterocycles. The van der Waals surface area contributed by atoms with Gasteiger partial charge in [0.25, 0.3) is 0 Å². The van der Waals surface area contributed by atoms with Gasteiger partial charge in [-0.05, 0) is 43.9 Å². The summed E-state index contributed by atoms with van der Waals surface area (Å²) in [5, 5.41) is 7.80. The number of carbonyl (C=O) groups is 1. The number of sulfonamides is 1. The first-order chi connectivity index (χ1) is 9.20. The van der Waals surface area contributed by atoms with Crippen LogP contribution in [0.25, 0.3) is 0 Å². The number of aryl methyl sites for hydroxylation is 1. The van der Waals surface area contributed by atoms with Crippen molar-refractivity contribution in [2.24, 2.45) is 10.9 Å². The zero-order valence-corrected chi connectivity index (χ0v) is 12.2. The smallest absolute Gasteiger partial charge is 0.238 e. The molecule has 0 aromatic heterocycles. The first kappa shape index (κ1) is 15.0. The second-order valence-corrected chi connectivity index (χ2v) is 7.00. The number of hydrogen-bond acceptors (Lipinski definition) is 4. The van der Waals surface area contributed by atoms with Crippen molar-refractivity contribution in [2.45, 2.75) is 43.0 Å². The lowest BCUT2D eigenvalue weighted by Crippen LogP contribution is -2.48.